The molecule has 0 fully saturated rings. The SMILES string of the molecule is C=C[C](C)c1ccc(OC(F)(F)F)c(F)c1. The average Bonchev–Trinajstić information content (AvgIpc) is 2.18. The van der Waals surface area contributed by atoms with Crippen molar-refractivity contribution in [2.45, 2.75) is 13.3 Å². The van der Waals surface area contributed by atoms with Gasteiger partial charge in [-0.1, -0.05) is 19.1 Å². The van der Waals surface area contributed by atoms with Crippen LogP contribution in [0.1, 0.15) is 12.5 Å². The van der Waals surface area contributed by atoms with Crippen molar-refractivity contribution in [2.75, 3.05) is 0 Å². The summed E-state index contributed by atoms with van der Waals surface area (Å²) in [5.41, 5.74) is 0.460. The molecule has 0 unspecified atom stereocenters. The van der Waals surface area contributed by atoms with Gasteiger partial charge >= 0.3 is 6.36 Å². The zero-order chi connectivity index (χ0) is 12.3. The smallest absolute Gasteiger partial charge is 0.403 e. The second-order valence-corrected chi connectivity index (χ2v) is 3.08. The number of alkyl halides is 3. The minimum absolute atomic E-state index is 0.460. The molecule has 0 aliphatic rings. The summed E-state index contributed by atoms with van der Waals surface area (Å²) in [6.07, 6.45) is -3.40. The molecule has 0 aliphatic heterocycles. The minimum atomic E-state index is -4.89. The third-order valence-electron chi connectivity index (χ3n) is 1.92. The lowest BCUT2D eigenvalue weighted by atomic mass is 10.0. The van der Waals surface area contributed by atoms with Gasteiger partial charge in [0.2, 0.25) is 0 Å². The molecule has 16 heavy (non-hydrogen) atoms. The normalized spacial score (nSPS) is 11.6. The largest absolute Gasteiger partial charge is 0.573 e. The molecule has 0 aliphatic carbocycles. The van der Waals surface area contributed by atoms with E-state index in [0.29, 0.717) is 11.5 Å². The van der Waals surface area contributed by atoms with E-state index in [-0.39, 0.29) is 0 Å². The Morgan fingerprint density at radius 1 is 1.38 bits per heavy atom. The second-order valence-electron chi connectivity index (χ2n) is 3.08. The van der Waals surface area contributed by atoms with Crippen molar-refractivity contribution in [2.24, 2.45) is 0 Å². The molecule has 1 aromatic rings. The van der Waals surface area contributed by atoms with Crippen LogP contribution in [0.2, 0.25) is 0 Å². The fourth-order valence-corrected chi connectivity index (χ4v) is 1.07. The standard InChI is InChI=1S/C11H9F4O/c1-3-7(2)8-4-5-10(9(12)6-8)16-11(13,14)15/h3-6H,1H2,2H3. The van der Waals surface area contributed by atoms with E-state index in [4.69, 9.17) is 0 Å². The molecule has 1 rings (SSSR count). The van der Waals surface area contributed by atoms with Crippen LogP contribution in [-0.2, 0) is 0 Å². The molecule has 1 aromatic carbocycles. The van der Waals surface area contributed by atoms with Crippen LogP contribution in [0, 0.1) is 11.7 Å². The van der Waals surface area contributed by atoms with Crippen LogP contribution in [-0.4, -0.2) is 6.36 Å². The lowest BCUT2D eigenvalue weighted by Crippen LogP contribution is -2.18. The maximum absolute atomic E-state index is 13.2. The van der Waals surface area contributed by atoms with E-state index in [9.17, 15) is 17.6 Å². The summed E-state index contributed by atoms with van der Waals surface area (Å²) in [4.78, 5) is 0. The van der Waals surface area contributed by atoms with Crippen LogP contribution < -0.4 is 4.74 Å². The van der Waals surface area contributed by atoms with E-state index in [1.165, 1.54) is 12.1 Å². The number of benzene rings is 1. The maximum Gasteiger partial charge on any atom is 0.573 e. The molecule has 0 saturated heterocycles. The topological polar surface area (TPSA) is 9.23 Å². The van der Waals surface area contributed by atoms with Gasteiger partial charge < -0.3 is 4.74 Å². The number of rotatable bonds is 3. The highest BCUT2D eigenvalue weighted by Crippen LogP contribution is 2.28. The van der Waals surface area contributed by atoms with Crippen molar-refractivity contribution in [3.05, 3.63) is 48.2 Å². The molecule has 0 N–H and O–H groups in total. The highest BCUT2D eigenvalue weighted by Gasteiger charge is 2.32. The predicted molar refractivity (Wildman–Crippen MR) is 51.3 cm³/mol. The van der Waals surface area contributed by atoms with Crippen LogP contribution in [0.3, 0.4) is 0 Å². The van der Waals surface area contributed by atoms with Gasteiger partial charge in [0, 0.05) is 5.92 Å². The average molecular weight is 233 g/mol. The zero-order valence-electron chi connectivity index (χ0n) is 8.44. The minimum Gasteiger partial charge on any atom is -0.403 e. The Labute approximate surface area is 90.3 Å². The van der Waals surface area contributed by atoms with Crippen molar-refractivity contribution in [1.82, 2.24) is 0 Å². The number of halogens is 4. The van der Waals surface area contributed by atoms with E-state index >= 15 is 0 Å². The quantitative estimate of drug-likeness (QED) is 0.720. The second kappa shape index (κ2) is 4.55. The first-order valence-electron chi connectivity index (χ1n) is 4.35. The van der Waals surface area contributed by atoms with E-state index in [2.05, 4.69) is 11.3 Å². The third kappa shape index (κ3) is 3.25. The van der Waals surface area contributed by atoms with Gasteiger partial charge in [-0.2, -0.15) is 0 Å². The highest BCUT2D eigenvalue weighted by atomic mass is 19.4. The summed E-state index contributed by atoms with van der Waals surface area (Å²) in [5, 5.41) is 0. The lowest BCUT2D eigenvalue weighted by Gasteiger charge is -2.11. The molecule has 1 nitrogen and oxygen atoms in total. The molecular weight excluding hydrogens is 224 g/mol. The number of hydrogen-bond donors (Lipinski definition) is 0. The van der Waals surface area contributed by atoms with Gasteiger partial charge in [-0.25, -0.2) is 4.39 Å². The Morgan fingerprint density at radius 2 is 2.00 bits per heavy atom. The van der Waals surface area contributed by atoms with E-state index in [0.717, 1.165) is 12.1 Å². The van der Waals surface area contributed by atoms with Crippen molar-refractivity contribution in [3.63, 3.8) is 0 Å². The first-order chi connectivity index (χ1) is 7.33. The molecule has 0 atom stereocenters. The highest BCUT2D eigenvalue weighted by molar-refractivity contribution is 5.39. The van der Waals surface area contributed by atoms with Crippen molar-refractivity contribution >= 4 is 0 Å². The fourth-order valence-electron chi connectivity index (χ4n) is 1.07. The van der Waals surface area contributed by atoms with Gasteiger partial charge in [-0.05, 0) is 17.7 Å². The number of allylic oxidation sites excluding steroid dienone is 1. The molecule has 0 saturated carbocycles. The summed E-state index contributed by atoms with van der Waals surface area (Å²) < 4.78 is 52.2. The van der Waals surface area contributed by atoms with E-state index in [1.807, 2.05) is 0 Å². The van der Waals surface area contributed by atoms with Gasteiger partial charge in [-0.3, -0.25) is 0 Å². The molecule has 0 spiro atoms. The molecular formula is C11H9F4O. The molecule has 5 heteroatoms. The fraction of sp³-hybridized carbons (Fsp3) is 0.182. The van der Waals surface area contributed by atoms with Crippen molar-refractivity contribution < 1.29 is 22.3 Å². The molecule has 0 amide bonds. The van der Waals surface area contributed by atoms with Gasteiger partial charge in [0.25, 0.3) is 0 Å². The Balaban J connectivity index is 2.96. The summed E-state index contributed by atoms with van der Waals surface area (Å²) in [6, 6.07) is 3.24. The summed E-state index contributed by atoms with van der Waals surface area (Å²) in [7, 11) is 0. The van der Waals surface area contributed by atoms with Crippen LogP contribution in [0.25, 0.3) is 0 Å². The predicted octanol–water partition coefficient (Wildman–Crippen LogP) is 3.85. The van der Waals surface area contributed by atoms with Crippen LogP contribution in [0.5, 0.6) is 5.75 Å². The maximum atomic E-state index is 13.2. The Bertz CT molecular complexity index is 384. The van der Waals surface area contributed by atoms with E-state index < -0.39 is 17.9 Å². The van der Waals surface area contributed by atoms with Crippen LogP contribution in [0.15, 0.2) is 30.9 Å². The molecule has 87 valence electrons. The van der Waals surface area contributed by atoms with E-state index in [1.54, 1.807) is 6.92 Å². The molecule has 0 bridgehead atoms. The lowest BCUT2D eigenvalue weighted by molar-refractivity contribution is -0.275. The number of hydrogen-bond acceptors (Lipinski definition) is 1. The van der Waals surface area contributed by atoms with Gasteiger partial charge in [0.15, 0.2) is 11.6 Å². The Morgan fingerprint density at radius 3 is 2.44 bits per heavy atom. The van der Waals surface area contributed by atoms with Gasteiger partial charge in [-0.15, -0.1) is 19.8 Å². The van der Waals surface area contributed by atoms with Gasteiger partial charge in [0.1, 0.15) is 0 Å². The van der Waals surface area contributed by atoms with Gasteiger partial charge in [0.05, 0.1) is 0 Å². The number of ether oxygens (including phenoxy) is 1. The van der Waals surface area contributed by atoms with Crippen molar-refractivity contribution in [3.8, 4) is 5.75 Å². The molecule has 1 radical (unpaired) electrons. The summed E-state index contributed by atoms with van der Waals surface area (Å²) >= 11 is 0. The molecule has 0 heterocycles. The zero-order valence-corrected chi connectivity index (χ0v) is 8.44. The third-order valence-corrected chi connectivity index (χ3v) is 1.92. The van der Waals surface area contributed by atoms with Crippen molar-refractivity contribution in [1.29, 1.82) is 0 Å². The summed E-state index contributed by atoms with van der Waals surface area (Å²) in [6.45, 7) is 5.15. The summed E-state index contributed by atoms with van der Waals surface area (Å²) in [5.74, 6) is -1.23. The Hall–Kier alpha value is -1.52. The monoisotopic (exact) mass is 233 g/mol. The van der Waals surface area contributed by atoms with Crippen LogP contribution >= 0.6 is 0 Å². The first-order valence-corrected chi connectivity index (χ1v) is 4.35. The Kier molecular flexibility index (Phi) is 3.57. The van der Waals surface area contributed by atoms with Crippen LogP contribution in [0.4, 0.5) is 17.6 Å². The first kappa shape index (κ1) is 12.5. The molecule has 0 aromatic heterocycles.